The lowest BCUT2D eigenvalue weighted by atomic mass is 9.86. The highest BCUT2D eigenvalue weighted by Gasteiger charge is 2.22. The standard InChI is InChI=1S/C33H28N2O2/c1-33(2,3)19-14-15-27-25(16-19)24-17-28(36-4)29(37-5)18-26(24)32-34-30-22-12-8-6-10-20(22)21-11-7-9-13-23(21)31(30)35(27)32/h6-18H,1-5H3. The number of aromatic nitrogens is 2. The first-order valence-electron chi connectivity index (χ1n) is 12.6. The Morgan fingerprint density at radius 2 is 1.22 bits per heavy atom. The number of methoxy groups -OCH3 is 2. The monoisotopic (exact) mass is 484 g/mol. The van der Waals surface area contributed by atoms with Crippen molar-refractivity contribution in [3.8, 4) is 11.5 Å². The second-order valence-electron chi connectivity index (χ2n) is 10.8. The van der Waals surface area contributed by atoms with Crippen LogP contribution in [0.3, 0.4) is 0 Å². The maximum Gasteiger partial charge on any atom is 0.161 e. The van der Waals surface area contributed by atoms with Crippen molar-refractivity contribution in [3.05, 3.63) is 84.4 Å². The molecule has 0 spiro atoms. The molecular weight excluding hydrogens is 456 g/mol. The molecule has 0 aliphatic rings. The predicted octanol–water partition coefficient (Wildman–Crippen LogP) is 8.42. The lowest BCUT2D eigenvalue weighted by molar-refractivity contribution is 0.356. The van der Waals surface area contributed by atoms with Gasteiger partial charge < -0.3 is 9.47 Å². The molecule has 7 rings (SSSR count). The fourth-order valence-electron chi connectivity index (χ4n) is 5.82. The summed E-state index contributed by atoms with van der Waals surface area (Å²) < 4.78 is 13.8. The van der Waals surface area contributed by atoms with E-state index in [2.05, 4.69) is 104 Å². The Bertz CT molecular complexity index is 2040. The molecule has 4 nitrogen and oxygen atoms in total. The summed E-state index contributed by atoms with van der Waals surface area (Å²) in [5.74, 6) is 1.42. The summed E-state index contributed by atoms with van der Waals surface area (Å²) in [7, 11) is 3.37. The lowest BCUT2D eigenvalue weighted by Crippen LogP contribution is -2.11. The second kappa shape index (κ2) is 7.59. The van der Waals surface area contributed by atoms with E-state index in [-0.39, 0.29) is 5.41 Å². The van der Waals surface area contributed by atoms with E-state index in [1.165, 1.54) is 27.1 Å². The van der Waals surface area contributed by atoms with Crippen LogP contribution in [0.2, 0.25) is 0 Å². The van der Waals surface area contributed by atoms with Gasteiger partial charge in [0, 0.05) is 21.5 Å². The Morgan fingerprint density at radius 1 is 0.622 bits per heavy atom. The van der Waals surface area contributed by atoms with E-state index in [0.717, 1.165) is 38.4 Å². The third-order valence-electron chi connectivity index (χ3n) is 7.69. The summed E-state index contributed by atoms with van der Waals surface area (Å²) in [6.45, 7) is 6.76. The van der Waals surface area contributed by atoms with Gasteiger partial charge in [0.1, 0.15) is 5.65 Å². The molecule has 0 saturated heterocycles. The smallest absolute Gasteiger partial charge is 0.161 e. The van der Waals surface area contributed by atoms with Crippen LogP contribution in [0.4, 0.5) is 0 Å². The Labute approximate surface area is 215 Å². The van der Waals surface area contributed by atoms with Gasteiger partial charge in [-0.2, -0.15) is 0 Å². The van der Waals surface area contributed by atoms with E-state index in [9.17, 15) is 0 Å². The minimum atomic E-state index is 0.0198. The lowest BCUT2D eigenvalue weighted by Gasteiger charge is -2.21. The van der Waals surface area contributed by atoms with Gasteiger partial charge in [0.2, 0.25) is 0 Å². The molecule has 2 heterocycles. The zero-order valence-electron chi connectivity index (χ0n) is 21.7. The maximum absolute atomic E-state index is 5.74. The quantitative estimate of drug-likeness (QED) is 0.231. The first kappa shape index (κ1) is 21.9. The van der Waals surface area contributed by atoms with Crippen molar-refractivity contribution in [3.63, 3.8) is 0 Å². The van der Waals surface area contributed by atoms with Gasteiger partial charge in [0.15, 0.2) is 11.5 Å². The van der Waals surface area contributed by atoms with Crippen LogP contribution < -0.4 is 9.47 Å². The Balaban J connectivity index is 1.82. The van der Waals surface area contributed by atoms with Crippen LogP contribution in [0.1, 0.15) is 26.3 Å². The molecule has 182 valence electrons. The summed E-state index contributed by atoms with van der Waals surface area (Å²) in [5.41, 5.74) is 5.50. The zero-order valence-corrected chi connectivity index (χ0v) is 21.7. The number of imidazole rings is 1. The largest absolute Gasteiger partial charge is 0.493 e. The van der Waals surface area contributed by atoms with E-state index in [1.807, 2.05) is 0 Å². The van der Waals surface area contributed by atoms with Gasteiger partial charge in [-0.15, -0.1) is 0 Å². The van der Waals surface area contributed by atoms with E-state index < -0.39 is 0 Å². The van der Waals surface area contributed by atoms with Crippen molar-refractivity contribution in [2.45, 2.75) is 26.2 Å². The number of nitrogens with zero attached hydrogens (tertiary/aromatic N) is 2. The molecule has 0 amide bonds. The molecule has 0 saturated carbocycles. The number of hydrogen-bond donors (Lipinski definition) is 0. The highest BCUT2D eigenvalue weighted by molar-refractivity contribution is 6.26. The summed E-state index contributed by atoms with van der Waals surface area (Å²) >= 11 is 0. The average Bonchev–Trinajstić information content (AvgIpc) is 3.33. The van der Waals surface area contributed by atoms with Crippen molar-refractivity contribution in [1.29, 1.82) is 0 Å². The molecule has 5 aromatic carbocycles. The van der Waals surface area contributed by atoms with Gasteiger partial charge in [0.25, 0.3) is 0 Å². The third-order valence-corrected chi connectivity index (χ3v) is 7.69. The predicted molar refractivity (Wildman–Crippen MR) is 155 cm³/mol. The minimum absolute atomic E-state index is 0.0198. The van der Waals surface area contributed by atoms with E-state index in [1.54, 1.807) is 14.2 Å². The molecule has 0 atom stereocenters. The highest BCUT2D eigenvalue weighted by Crippen LogP contribution is 2.43. The van der Waals surface area contributed by atoms with Crippen LogP contribution in [0.15, 0.2) is 78.9 Å². The number of rotatable bonds is 2. The Hall–Kier alpha value is -4.31. The highest BCUT2D eigenvalue weighted by atomic mass is 16.5. The molecule has 2 aromatic heterocycles. The summed E-state index contributed by atoms with van der Waals surface area (Å²) in [4.78, 5) is 5.34. The molecule has 0 aliphatic carbocycles. The van der Waals surface area contributed by atoms with Crippen molar-refractivity contribution < 1.29 is 9.47 Å². The Kier molecular flexibility index (Phi) is 4.50. The molecule has 4 heteroatoms. The molecule has 37 heavy (non-hydrogen) atoms. The normalized spacial score (nSPS) is 12.5. The van der Waals surface area contributed by atoms with Gasteiger partial charge in [0.05, 0.1) is 30.8 Å². The molecule has 7 aromatic rings. The minimum Gasteiger partial charge on any atom is -0.493 e. The Morgan fingerprint density at radius 3 is 1.86 bits per heavy atom. The molecule has 0 aliphatic heterocycles. The number of pyridine rings is 1. The summed E-state index contributed by atoms with van der Waals surface area (Å²) in [5, 5.41) is 8.14. The van der Waals surface area contributed by atoms with Gasteiger partial charge in [-0.3, -0.25) is 4.40 Å². The van der Waals surface area contributed by atoms with Crippen LogP contribution in [0, 0.1) is 0 Å². The van der Waals surface area contributed by atoms with E-state index in [4.69, 9.17) is 14.5 Å². The molecule has 0 fully saturated rings. The topological polar surface area (TPSA) is 35.8 Å². The second-order valence-corrected chi connectivity index (χ2v) is 10.8. The fraction of sp³-hybridized carbons (Fsp3) is 0.182. The van der Waals surface area contributed by atoms with E-state index in [0.29, 0.717) is 11.5 Å². The first-order valence-corrected chi connectivity index (χ1v) is 12.6. The molecule has 0 bridgehead atoms. The number of fused-ring (bicyclic) bond motifs is 13. The SMILES string of the molecule is COc1cc2c3cc(C(C)(C)C)ccc3n3c(nc4c5ccccc5c5ccccc5c43)c2cc1OC. The van der Waals surface area contributed by atoms with E-state index >= 15 is 0 Å². The van der Waals surface area contributed by atoms with Crippen LogP contribution in [-0.4, -0.2) is 23.6 Å². The fourth-order valence-corrected chi connectivity index (χ4v) is 5.82. The number of ether oxygens (including phenoxy) is 2. The molecule has 0 unspecified atom stereocenters. The summed E-state index contributed by atoms with van der Waals surface area (Å²) in [6.07, 6.45) is 0. The first-order chi connectivity index (χ1) is 17.9. The molecule has 0 N–H and O–H groups in total. The van der Waals surface area contributed by atoms with Gasteiger partial charge in [-0.1, -0.05) is 75.4 Å². The molecule has 0 radical (unpaired) electrons. The van der Waals surface area contributed by atoms with Crippen LogP contribution >= 0.6 is 0 Å². The molecular formula is C33H28N2O2. The van der Waals surface area contributed by atoms with Gasteiger partial charge in [-0.25, -0.2) is 4.98 Å². The van der Waals surface area contributed by atoms with Crippen LogP contribution in [0.25, 0.3) is 59.9 Å². The maximum atomic E-state index is 5.74. The third kappa shape index (κ3) is 2.99. The summed E-state index contributed by atoms with van der Waals surface area (Å²) in [6, 6.07) is 28.2. The van der Waals surface area contributed by atoms with Crippen LogP contribution in [-0.2, 0) is 5.41 Å². The van der Waals surface area contributed by atoms with Gasteiger partial charge >= 0.3 is 0 Å². The average molecular weight is 485 g/mol. The van der Waals surface area contributed by atoms with Crippen LogP contribution in [0.5, 0.6) is 11.5 Å². The van der Waals surface area contributed by atoms with Crippen molar-refractivity contribution in [2.24, 2.45) is 0 Å². The number of benzene rings is 5. The van der Waals surface area contributed by atoms with Crippen molar-refractivity contribution in [2.75, 3.05) is 14.2 Å². The van der Waals surface area contributed by atoms with Crippen molar-refractivity contribution >= 4 is 59.9 Å². The van der Waals surface area contributed by atoms with Crippen molar-refractivity contribution in [1.82, 2.24) is 9.38 Å². The zero-order chi connectivity index (χ0) is 25.5. The van der Waals surface area contributed by atoms with Gasteiger partial charge in [-0.05, 0) is 51.4 Å². The number of hydrogen-bond acceptors (Lipinski definition) is 3.